The van der Waals surface area contributed by atoms with E-state index in [2.05, 4.69) is 4.98 Å². The van der Waals surface area contributed by atoms with E-state index in [1.54, 1.807) is 30.7 Å². The van der Waals surface area contributed by atoms with E-state index in [-0.39, 0.29) is 16.4 Å². The van der Waals surface area contributed by atoms with Crippen LogP contribution in [-0.2, 0) is 11.3 Å². The number of hydrogen-bond donors (Lipinski definition) is 0. The highest BCUT2D eigenvalue weighted by atomic mass is 32.1. The normalized spacial score (nSPS) is 11.4. The minimum Gasteiger partial charge on any atom is -0.385 e. The average Bonchev–Trinajstić information content (AvgIpc) is 2.50. The molecule has 114 valence electrons. The van der Waals surface area contributed by atoms with Crippen LogP contribution in [0, 0.1) is 6.92 Å². The molecule has 0 bridgehead atoms. The topological polar surface area (TPSA) is 61.2 Å². The average molecular weight is 316 g/mol. The van der Waals surface area contributed by atoms with Gasteiger partial charge in [-0.25, -0.2) is 4.98 Å². The van der Waals surface area contributed by atoms with Crippen LogP contribution in [0.3, 0.4) is 0 Å². The fourth-order valence-electron chi connectivity index (χ4n) is 2.52. The van der Waals surface area contributed by atoms with E-state index in [4.69, 9.17) is 4.74 Å². The second kappa shape index (κ2) is 5.98. The lowest BCUT2D eigenvalue weighted by atomic mass is 10.2. The summed E-state index contributed by atoms with van der Waals surface area (Å²) in [5, 5.41) is 0.762. The molecule has 0 aliphatic rings. The minimum absolute atomic E-state index is 0.187. The molecule has 0 atom stereocenters. The van der Waals surface area contributed by atoms with Crippen LogP contribution in [0.25, 0.3) is 20.3 Å². The maximum atomic E-state index is 12.7. The predicted octanol–water partition coefficient (Wildman–Crippen LogP) is 2.32. The van der Waals surface area contributed by atoms with Crippen molar-refractivity contribution in [3.8, 4) is 0 Å². The highest BCUT2D eigenvalue weighted by Crippen LogP contribution is 2.21. The Hall–Kier alpha value is -2.05. The monoisotopic (exact) mass is 316 g/mol. The summed E-state index contributed by atoms with van der Waals surface area (Å²) in [6, 6.07) is 7.31. The third-order valence-corrected chi connectivity index (χ3v) is 4.69. The van der Waals surface area contributed by atoms with Crippen LogP contribution in [0.2, 0.25) is 0 Å². The summed E-state index contributed by atoms with van der Waals surface area (Å²) in [6.07, 6.45) is 0.704. The first-order valence-corrected chi connectivity index (χ1v) is 7.87. The lowest BCUT2D eigenvalue weighted by Gasteiger charge is -2.10. The Morgan fingerprint density at radius 1 is 1.27 bits per heavy atom. The van der Waals surface area contributed by atoms with Gasteiger partial charge in [0.05, 0.1) is 0 Å². The van der Waals surface area contributed by atoms with Gasteiger partial charge in [-0.15, -0.1) is 11.3 Å². The van der Waals surface area contributed by atoms with Gasteiger partial charge >= 0.3 is 0 Å². The predicted molar refractivity (Wildman–Crippen MR) is 88.9 cm³/mol. The Kier molecular flexibility index (Phi) is 4.04. The molecular formula is C16H16N2O3S. The zero-order valence-corrected chi connectivity index (χ0v) is 13.3. The first-order chi connectivity index (χ1) is 10.6. The molecule has 0 saturated carbocycles. The number of hydrogen-bond acceptors (Lipinski definition) is 5. The molecule has 3 aromatic rings. The van der Waals surface area contributed by atoms with Crippen molar-refractivity contribution in [2.75, 3.05) is 13.7 Å². The summed E-state index contributed by atoms with van der Waals surface area (Å²) < 4.78 is 7.43. The van der Waals surface area contributed by atoms with Gasteiger partial charge in [-0.05, 0) is 25.5 Å². The van der Waals surface area contributed by atoms with Gasteiger partial charge < -0.3 is 4.74 Å². The highest BCUT2D eigenvalue weighted by Gasteiger charge is 2.14. The van der Waals surface area contributed by atoms with E-state index >= 15 is 0 Å². The molecule has 0 fully saturated rings. The van der Waals surface area contributed by atoms with Crippen molar-refractivity contribution in [3.63, 3.8) is 0 Å². The maximum absolute atomic E-state index is 12.7. The SMILES string of the molecule is COCCCn1c(C)nc2sc3ccccc3c(=O)c2c1=O. The molecule has 3 rings (SSSR count). The van der Waals surface area contributed by atoms with Gasteiger partial charge in [-0.3, -0.25) is 14.2 Å². The van der Waals surface area contributed by atoms with Gasteiger partial charge in [0.2, 0.25) is 5.43 Å². The van der Waals surface area contributed by atoms with Crippen LogP contribution in [-0.4, -0.2) is 23.3 Å². The Bertz CT molecular complexity index is 959. The van der Waals surface area contributed by atoms with Crippen LogP contribution in [0.5, 0.6) is 0 Å². The number of benzene rings is 1. The van der Waals surface area contributed by atoms with Crippen molar-refractivity contribution < 1.29 is 4.74 Å². The molecule has 6 heteroatoms. The number of rotatable bonds is 4. The summed E-state index contributed by atoms with van der Waals surface area (Å²) in [7, 11) is 1.62. The van der Waals surface area contributed by atoms with Gasteiger partial charge in [0.1, 0.15) is 16.0 Å². The van der Waals surface area contributed by atoms with Crippen molar-refractivity contribution in [1.29, 1.82) is 0 Å². The van der Waals surface area contributed by atoms with Crippen LogP contribution in [0.4, 0.5) is 0 Å². The van der Waals surface area contributed by atoms with E-state index in [0.717, 1.165) is 4.70 Å². The number of nitrogens with zero attached hydrogens (tertiary/aromatic N) is 2. The van der Waals surface area contributed by atoms with Gasteiger partial charge in [0.15, 0.2) is 0 Å². The van der Waals surface area contributed by atoms with Crippen LogP contribution >= 0.6 is 11.3 Å². The van der Waals surface area contributed by atoms with Crippen LogP contribution in [0.15, 0.2) is 33.9 Å². The number of ether oxygens (including phenoxy) is 1. The molecule has 0 unspecified atom stereocenters. The van der Waals surface area contributed by atoms with Gasteiger partial charge in [-0.2, -0.15) is 0 Å². The lowest BCUT2D eigenvalue weighted by Crippen LogP contribution is -2.28. The number of methoxy groups -OCH3 is 1. The molecule has 0 spiro atoms. The molecule has 5 nitrogen and oxygen atoms in total. The quantitative estimate of drug-likeness (QED) is 0.547. The zero-order valence-electron chi connectivity index (χ0n) is 12.5. The molecule has 1 aromatic carbocycles. The van der Waals surface area contributed by atoms with E-state index < -0.39 is 0 Å². The Labute approximate surface area is 130 Å². The third-order valence-electron chi connectivity index (χ3n) is 3.62. The number of aromatic nitrogens is 2. The summed E-state index contributed by atoms with van der Waals surface area (Å²) >= 11 is 1.38. The van der Waals surface area contributed by atoms with Gasteiger partial charge in [0.25, 0.3) is 5.56 Å². The van der Waals surface area contributed by atoms with E-state index in [1.807, 2.05) is 12.1 Å². The Morgan fingerprint density at radius 3 is 2.82 bits per heavy atom. The minimum atomic E-state index is -0.259. The number of aryl methyl sites for hydroxylation is 1. The molecular weight excluding hydrogens is 300 g/mol. The molecule has 22 heavy (non-hydrogen) atoms. The van der Waals surface area contributed by atoms with Crippen molar-refractivity contribution >= 4 is 31.6 Å². The summed E-state index contributed by atoms with van der Waals surface area (Å²) in [6.45, 7) is 2.85. The summed E-state index contributed by atoms with van der Waals surface area (Å²) in [5.41, 5.74) is -0.493. The van der Waals surface area contributed by atoms with E-state index in [1.165, 1.54) is 11.3 Å². The molecule has 0 aliphatic carbocycles. The molecule has 0 radical (unpaired) electrons. The first kappa shape index (κ1) is 14.9. The lowest BCUT2D eigenvalue weighted by molar-refractivity contribution is 0.189. The second-order valence-electron chi connectivity index (χ2n) is 5.07. The molecule has 0 N–H and O–H groups in total. The van der Waals surface area contributed by atoms with Crippen LogP contribution in [0.1, 0.15) is 12.2 Å². The largest absolute Gasteiger partial charge is 0.385 e. The third kappa shape index (κ3) is 2.44. The fraction of sp³-hybridized carbons (Fsp3) is 0.312. The molecule has 0 saturated heterocycles. The van der Waals surface area contributed by atoms with Crippen molar-refractivity contribution in [2.45, 2.75) is 19.9 Å². The zero-order chi connectivity index (χ0) is 15.7. The molecule has 2 heterocycles. The smallest absolute Gasteiger partial charge is 0.266 e. The van der Waals surface area contributed by atoms with Crippen molar-refractivity contribution in [3.05, 3.63) is 50.7 Å². The van der Waals surface area contributed by atoms with Crippen LogP contribution < -0.4 is 11.0 Å². The maximum Gasteiger partial charge on any atom is 0.266 e. The summed E-state index contributed by atoms with van der Waals surface area (Å²) in [4.78, 5) is 30.3. The molecule has 2 aromatic heterocycles. The number of fused-ring (bicyclic) bond motifs is 2. The fourth-order valence-corrected chi connectivity index (χ4v) is 3.60. The van der Waals surface area contributed by atoms with E-state index in [0.29, 0.717) is 35.6 Å². The highest BCUT2D eigenvalue weighted by molar-refractivity contribution is 7.24. The Morgan fingerprint density at radius 2 is 2.05 bits per heavy atom. The Balaban J connectivity index is 2.29. The van der Waals surface area contributed by atoms with Crippen molar-refractivity contribution in [2.24, 2.45) is 0 Å². The first-order valence-electron chi connectivity index (χ1n) is 7.05. The van der Waals surface area contributed by atoms with Gasteiger partial charge in [-0.1, -0.05) is 12.1 Å². The van der Waals surface area contributed by atoms with Crippen molar-refractivity contribution in [1.82, 2.24) is 9.55 Å². The molecule has 0 aliphatic heterocycles. The molecule has 0 amide bonds. The second-order valence-corrected chi connectivity index (χ2v) is 6.10. The van der Waals surface area contributed by atoms with E-state index in [9.17, 15) is 9.59 Å². The van der Waals surface area contributed by atoms with Gasteiger partial charge in [0, 0.05) is 30.3 Å². The standard InChI is InChI=1S/C16H16N2O3S/c1-10-17-15-13(16(20)18(10)8-5-9-21-2)14(19)11-6-3-4-7-12(11)22-15/h3-4,6-7H,5,8-9H2,1-2H3. The summed E-state index contributed by atoms with van der Waals surface area (Å²) in [5.74, 6) is 0.625.